The minimum Gasteiger partial charge on any atom is -0.290 e. The van der Waals surface area contributed by atoms with E-state index in [1.807, 2.05) is 0 Å². The molecule has 2 nitrogen and oxygen atoms in total. The van der Waals surface area contributed by atoms with Crippen molar-refractivity contribution in [3.63, 3.8) is 0 Å². The van der Waals surface area contributed by atoms with Crippen LogP contribution in [0.5, 0.6) is 0 Å². The van der Waals surface area contributed by atoms with Gasteiger partial charge in [-0.1, -0.05) is 53.2 Å². The zero-order valence-electron chi connectivity index (χ0n) is 18.6. The molecule has 0 aromatic rings. The quantitative estimate of drug-likeness (QED) is 0.392. The minimum absolute atomic E-state index is 0.00377. The van der Waals surface area contributed by atoms with Gasteiger partial charge in [0.2, 0.25) is 0 Å². The molecule has 3 rings (SSSR count). The van der Waals surface area contributed by atoms with Gasteiger partial charge in [-0.2, -0.15) is 0 Å². The molecule has 0 aliphatic heterocycles. The van der Waals surface area contributed by atoms with Gasteiger partial charge in [0.1, 0.15) is 0 Å². The number of thioether (sulfide) groups is 1. The van der Waals surface area contributed by atoms with Gasteiger partial charge in [-0.25, -0.2) is 0 Å². The highest BCUT2D eigenvalue weighted by Gasteiger charge is 2.53. The van der Waals surface area contributed by atoms with Gasteiger partial charge < -0.3 is 0 Å². The Morgan fingerprint density at radius 3 is 2.43 bits per heavy atom. The van der Waals surface area contributed by atoms with E-state index in [9.17, 15) is 9.59 Å². The molecule has 154 valence electrons. The Hall–Kier alpha value is -1.09. The molecule has 0 bridgehead atoms. The van der Waals surface area contributed by atoms with Crippen molar-refractivity contribution in [1.82, 2.24) is 0 Å². The second-order valence-corrected chi connectivity index (χ2v) is 12.5. The molecule has 3 aliphatic rings. The molecule has 4 atom stereocenters. The maximum Gasteiger partial charge on any atom is 0.192 e. The Bertz CT molecular complexity index is 779. The SMILES string of the molecule is CC1=CCC[C@@H]2C1(C)CC[C@H](C)[C@@]2(C)CC1=CC(=O)C(SC(C)(C)C)=CC1=O. The Morgan fingerprint density at radius 1 is 1.11 bits per heavy atom. The van der Waals surface area contributed by atoms with Crippen molar-refractivity contribution >= 4 is 23.3 Å². The molecule has 1 unspecified atom stereocenters. The lowest BCUT2D eigenvalue weighted by Gasteiger charge is -2.58. The molecular formula is C25H36O2S. The second-order valence-electron chi connectivity index (χ2n) is 10.7. The molecule has 0 aromatic carbocycles. The van der Waals surface area contributed by atoms with Crippen molar-refractivity contribution in [3.8, 4) is 0 Å². The minimum atomic E-state index is -0.0786. The fraction of sp³-hybridized carbons (Fsp3) is 0.680. The lowest BCUT2D eigenvalue weighted by molar-refractivity contribution is -0.115. The zero-order chi connectivity index (χ0) is 20.9. The Labute approximate surface area is 175 Å². The topological polar surface area (TPSA) is 34.1 Å². The first-order valence-corrected chi connectivity index (χ1v) is 11.6. The van der Waals surface area contributed by atoms with E-state index in [-0.39, 0.29) is 27.1 Å². The third kappa shape index (κ3) is 3.84. The van der Waals surface area contributed by atoms with Crippen molar-refractivity contribution in [2.45, 2.75) is 85.3 Å². The number of carbonyl (C=O) groups excluding carboxylic acids is 2. The molecular weight excluding hydrogens is 364 g/mol. The van der Waals surface area contributed by atoms with Gasteiger partial charge in [-0.15, -0.1) is 11.8 Å². The summed E-state index contributed by atoms with van der Waals surface area (Å²) in [6.07, 6.45) is 11.1. The summed E-state index contributed by atoms with van der Waals surface area (Å²) in [5.41, 5.74) is 2.51. The second kappa shape index (κ2) is 7.31. The number of carbonyl (C=O) groups is 2. The summed E-state index contributed by atoms with van der Waals surface area (Å²) < 4.78 is -0.0786. The van der Waals surface area contributed by atoms with E-state index in [1.165, 1.54) is 36.6 Å². The highest BCUT2D eigenvalue weighted by Crippen LogP contribution is 2.62. The number of ketones is 2. The van der Waals surface area contributed by atoms with Crippen LogP contribution in [0.25, 0.3) is 0 Å². The molecule has 0 spiro atoms. The van der Waals surface area contributed by atoms with E-state index in [1.54, 1.807) is 12.2 Å². The predicted octanol–water partition coefficient (Wildman–Crippen LogP) is 6.67. The maximum absolute atomic E-state index is 12.9. The number of hydrogen-bond acceptors (Lipinski definition) is 3. The van der Waals surface area contributed by atoms with Crippen molar-refractivity contribution in [2.24, 2.45) is 22.7 Å². The molecule has 0 N–H and O–H groups in total. The fourth-order valence-corrected chi connectivity index (χ4v) is 6.74. The first-order chi connectivity index (χ1) is 12.9. The van der Waals surface area contributed by atoms with Gasteiger partial charge in [0.15, 0.2) is 11.6 Å². The lowest BCUT2D eigenvalue weighted by atomic mass is 9.46. The van der Waals surface area contributed by atoms with Gasteiger partial charge in [0.25, 0.3) is 0 Å². The van der Waals surface area contributed by atoms with Crippen LogP contribution in [-0.2, 0) is 9.59 Å². The van der Waals surface area contributed by atoms with Crippen LogP contribution in [0.3, 0.4) is 0 Å². The first kappa shape index (κ1) is 21.6. The molecule has 1 saturated carbocycles. The van der Waals surface area contributed by atoms with Gasteiger partial charge in [0, 0.05) is 16.4 Å². The molecule has 0 radical (unpaired) electrons. The predicted molar refractivity (Wildman–Crippen MR) is 119 cm³/mol. The molecule has 3 aliphatic carbocycles. The van der Waals surface area contributed by atoms with Crippen LogP contribution in [-0.4, -0.2) is 16.3 Å². The van der Waals surface area contributed by atoms with E-state index in [0.29, 0.717) is 22.3 Å². The molecule has 1 fully saturated rings. The molecule has 3 heteroatoms. The molecule has 0 amide bonds. The van der Waals surface area contributed by atoms with Crippen molar-refractivity contribution in [3.05, 3.63) is 34.3 Å². The average Bonchev–Trinajstić information content (AvgIpc) is 2.57. The Morgan fingerprint density at radius 2 is 1.79 bits per heavy atom. The number of allylic oxidation sites excluding steroid dienone is 6. The van der Waals surface area contributed by atoms with Crippen LogP contribution in [0.2, 0.25) is 0 Å². The van der Waals surface area contributed by atoms with Gasteiger partial charge in [-0.05, 0) is 67.8 Å². The largest absolute Gasteiger partial charge is 0.290 e. The van der Waals surface area contributed by atoms with Crippen LogP contribution >= 0.6 is 11.8 Å². The molecule has 0 saturated heterocycles. The Balaban J connectivity index is 1.88. The van der Waals surface area contributed by atoms with E-state index in [4.69, 9.17) is 0 Å². The van der Waals surface area contributed by atoms with Crippen LogP contribution in [0, 0.1) is 22.7 Å². The third-order valence-corrected chi connectivity index (χ3v) is 8.86. The summed E-state index contributed by atoms with van der Waals surface area (Å²) in [6.45, 7) is 15.6. The normalized spacial score (nSPS) is 36.5. The van der Waals surface area contributed by atoms with Crippen molar-refractivity contribution < 1.29 is 9.59 Å². The molecule has 28 heavy (non-hydrogen) atoms. The van der Waals surface area contributed by atoms with E-state index < -0.39 is 0 Å². The highest BCUT2D eigenvalue weighted by atomic mass is 32.2. The van der Waals surface area contributed by atoms with Crippen LogP contribution < -0.4 is 0 Å². The van der Waals surface area contributed by atoms with Gasteiger partial charge in [-0.3, -0.25) is 9.59 Å². The van der Waals surface area contributed by atoms with Crippen LogP contribution in [0.1, 0.15) is 80.6 Å². The molecule has 0 aromatic heterocycles. The van der Waals surface area contributed by atoms with E-state index in [0.717, 1.165) is 12.8 Å². The lowest BCUT2D eigenvalue weighted by Crippen LogP contribution is -2.50. The summed E-state index contributed by atoms with van der Waals surface area (Å²) in [4.78, 5) is 26.3. The summed E-state index contributed by atoms with van der Waals surface area (Å²) in [7, 11) is 0. The summed E-state index contributed by atoms with van der Waals surface area (Å²) in [5, 5.41) is 0. The van der Waals surface area contributed by atoms with Crippen LogP contribution in [0.15, 0.2) is 34.3 Å². The fourth-order valence-electron chi connectivity index (χ4n) is 5.75. The average molecular weight is 401 g/mol. The van der Waals surface area contributed by atoms with E-state index >= 15 is 0 Å². The number of fused-ring (bicyclic) bond motifs is 1. The van der Waals surface area contributed by atoms with Gasteiger partial charge >= 0.3 is 0 Å². The number of hydrogen-bond donors (Lipinski definition) is 0. The van der Waals surface area contributed by atoms with Gasteiger partial charge in [0.05, 0.1) is 4.91 Å². The third-order valence-electron chi connectivity index (χ3n) is 7.71. The number of rotatable bonds is 3. The Kier molecular flexibility index (Phi) is 5.64. The zero-order valence-corrected chi connectivity index (χ0v) is 19.5. The van der Waals surface area contributed by atoms with Crippen molar-refractivity contribution in [1.29, 1.82) is 0 Å². The first-order valence-electron chi connectivity index (χ1n) is 10.7. The monoisotopic (exact) mass is 400 g/mol. The summed E-state index contributed by atoms with van der Waals surface area (Å²) >= 11 is 1.49. The highest BCUT2D eigenvalue weighted by molar-refractivity contribution is 8.05. The van der Waals surface area contributed by atoms with Crippen LogP contribution in [0.4, 0.5) is 0 Å². The van der Waals surface area contributed by atoms with E-state index in [2.05, 4.69) is 54.5 Å². The molecule has 0 heterocycles. The van der Waals surface area contributed by atoms with Crippen molar-refractivity contribution in [2.75, 3.05) is 0 Å². The summed E-state index contributed by atoms with van der Waals surface area (Å²) in [5.74, 6) is 1.15. The smallest absolute Gasteiger partial charge is 0.192 e. The summed E-state index contributed by atoms with van der Waals surface area (Å²) in [6, 6.07) is 0. The standard InChI is InChI=1S/C25H36O2S/c1-16-9-8-10-22-24(16,6)12-11-17(2)25(22,7)15-18-13-20(27)21(14-19(18)26)28-23(3,4)5/h9,13-14,17,22H,8,10-12,15H2,1-7H3/t17-,22+,24?,25+/m0/s1. The maximum atomic E-state index is 12.9.